The van der Waals surface area contributed by atoms with E-state index in [0.717, 1.165) is 41.6 Å². The maximum absolute atomic E-state index is 12.1. The SMILES string of the molecule is COC(=O)c1cc(C(=O)OC)c(C(=O)OC)c(OC)c1C(=O)OC. The molecule has 0 fully saturated rings. The molecule has 9 heteroatoms. The van der Waals surface area contributed by atoms with Gasteiger partial charge in [0.1, 0.15) is 16.9 Å². The minimum absolute atomic E-state index is 0.325. The van der Waals surface area contributed by atoms with E-state index < -0.39 is 23.9 Å². The maximum atomic E-state index is 12.1. The molecule has 0 aliphatic heterocycles. The van der Waals surface area contributed by atoms with Gasteiger partial charge >= 0.3 is 23.9 Å². The molecule has 0 aliphatic carbocycles. The van der Waals surface area contributed by atoms with Crippen molar-refractivity contribution in [3.8, 4) is 5.75 Å². The molecule has 0 aromatic heterocycles. The zero-order valence-corrected chi connectivity index (χ0v) is 13.8. The van der Waals surface area contributed by atoms with E-state index in [0.29, 0.717) is 0 Å². The summed E-state index contributed by atoms with van der Waals surface area (Å²) in [6, 6.07) is 0.985. The topological polar surface area (TPSA) is 114 Å². The van der Waals surface area contributed by atoms with Gasteiger partial charge in [-0.2, -0.15) is 0 Å². The van der Waals surface area contributed by atoms with Gasteiger partial charge < -0.3 is 23.7 Å². The highest BCUT2D eigenvalue weighted by molar-refractivity contribution is 6.13. The number of ether oxygens (including phenoxy) is 5. The van der Waals surface area contributed by atoms with Gasteiger partial charge in [-0.3, -0.25) is 0 Å². The molecule has 0 radical (unpaired) electrons. The molecule has 0 unspecified atom stereocenters. The van der Waals surface area contributed by atoms with E-state index in [1.165, 1.54) is 0 Å². The van der Waals surface area contributed by atoms with Crippen LogP contribution < -0.4 is 4.74 Å². The number of carbonyl (C=O) groups excluding carboxylic acids is 4. The molecule has 0 spiro atoms. The van der Waals surface area contributed by atoms with Gasteiger partial charge in [0.2, 0.25) is 0 Å². The van der Waals surface area contributed by atoms with Gasteiger partial charge in [-0.1, -0.05) is 0 Å². The van der Waals surface area contributed by atoms with Crippen LogP contribution >= 0.6 is 0 Å². The Kier molecular flexibility index (Phi) is 6.28. The van der Waals surface area contributed by atoms with Crippen molar-refractivity contribution in [2.24, 2.45) is 0 Å². The normalized spacial score (nSPS) is 9.71. The molecule has 24 heavy (non-hydrogen) atoms. The molecule has 1 aromatic rings. The van der Waals surface area contributed by atoms with Crippen LogP contribution in [0.2, 0.25) is 0 Å². The second-order valence-corrected chi connectivity index (χ2v) is 4.22. The maximum Gasteiger partial charge on any atom is 0.342 e. The van der Waals surface area contributed by atoms with Crippen molar-refractivity contribution < 1.29 is 42.9 Å². The molecule has 0 saturated carbocycles. The van der Waals surface area contributed by atoms with Crippen LogP contribution in [0, 0.1) is 0 Å². The number of esters is 4. The van der Waals surface area contributed by atoms with Crippen LogP contribution in [-0.4, -0.2) is 59.4 Å². The van der Waals surface area contributed by atoms with Gasteiger partial charge in [-0.15, -0.1) is 0 Å². The Labute approximate surface area is 137 Å². The summed E-state index contributed by atoms with van der Waals surface area (Å²) in [4.78, 5) is 48.1. The van der Waals surface area contributed by atoms with E-state index in [4.69, 9.17) is 4.74 Å². The smallest absolute Gasteiger partial charge is 0.342 e. The van der Waals surface area contributed by atoms with Gasteiger partial charge in [-0.25, -0.2) is 19.2 Å². The Morgan fingerprint density at radius 2 is 0.958 bits per heavy atom. The van der Waals surface area contributed by atoms with Gasteiger partial charge in [0.05, 0.1) is 46.7 Å². The predicted octanol–water partition coefficient (Wildman–Crippen LogP) is 0.842. The predicted molar refractivity (Wildman–Crippen MR) is 78.4 cm³/mol. The third kappa shape index (κ3) is 3.29. The Morgan fingerprint density at radius 3 is 1.21 bits per heavy atom. The second-order valence-electron chi connectivity index (χ2n) is 4.22. The first-order chi connectivity index (χ1) is 11.4. The molecule has 0 N–H and O–H groups in total. The van der Waals surface area contributed by atoms with Crippen molar-refractivity contribution in [1.29, 1.82) is 0 Å². The lowest BCUT2D eigenvalue weighted by atomic mass is 9.96. The molecular weight excluding hydrogens is 324 g/mol. The van der Waals surface area contributed by atoms with Crippen LogP contribution in [0.15, 0.2) is 6.07 Å². The first kappa shape index (κ1) is 18.9. The van der Waals surface area contributed by atoms with Crippen LogP contribution in [0.3, 0.4) is 0 Å². The average molecular weight is 340 g/mol. The van der Waals surface area contributed by atoms with Crippen molar-refractivity contribution in [3.05, 3.63) is 28.3 Å². The Morgan fingerprint density at radius 1 is 0.625 bits per heavy atom. The Bertz CT molecular complexity index is 636. The van der Waals surface area contributed by atoms with Crippen molar-refractivity contribution >= 4 is 23.9 Å². The average Bonchev–Trinajstić information content (AvgIpc) is 2.63. The summed E-state index contributed by atoms with van der Waals surface area (Å²) < 4.78 is 23.5. The number of hydrogen-bond acceptors (Lipinski definition) is 9. The van der Waals surface area contributed by atoms with Gasteiger partial charge in [0, 0.05) is 0 Å². The quantitative estimate of drug-likeness (QED) is 0.568. The molecule has 0 saturated heterocycles. The van der Waals surface area contributed by atoms with Crippen LogP contribution in [0.1, 0.15) is 41.4 Å². The summed E-state index contributed by atoms with van der Waals surface area (Å²) in [7, 11) is 5.48. The Hall–Kier alpha value is -3.10. The molecule has 130 valence electrons. The lowest BCUT2D eigenvalue weighted by Gasteiger charge is -2.17. The van der Waals surface area contributed by atoms with E-state index in [-0.39, 0.29) is 28.0 Å². The zero-order chi connectivity index (χ0) is 18.4. The summed E-state index contributed by atoms with van der Waals surface area (Å²) in [5, 5.41) is 0. The van der Waals surface area contributed by atoms with E-state index >= 15 is 0 Å². The monoisotopic (exact) mass is 340 g/mol. The first-order valence-electron chi connectivity index (χ1n) is 6.46. The fraction of sp³-hybridized carbons (Fsp3) is 0.333. The largest absolute Gasteiger partial charge is 0.495 e. The number of hydrogen-bond donors (Lipinski definition) is 0. The minimum Gasteiger partial charge on any atom is -0.495 e. The van der Waals surface area contributed by atoms with Crippen LogP contribution in [0.25, 0.3) is 0 Å². The van der Waals surface area contributed by atoms with Gasteiger partial charge in [-0.05, 0) is 6.07 Å². The fourth-order valence-electron chi connectivity index (χ4n) is 2.01. The molecule has 0 bridgehead atoms. The zero-order valence-electron chi connectivity index (χ0n) is 13.8. The molecule has 0 aliphatic rings. The van der Waals surface area contributed by atoms with E-state index in [1.807, 2.05) is 0 Å². The highest BCUT2D eigenvalue weighted by Gasteiger charge is 2.34. The minimum atomic E-state index is -0.964. The first-order valence-corrected chi connectivity index (χ1v) is 6.46. The van der Waals surface area contributed by atoms with E-state index in [2.05, 4.69) is 18.9 Å². The summed E-state index contributed by atoms with van der Waals surface area (Å²) >= 11 is 0. The number of rotatable bonds is 5. The lowest BCUT2D eigenvalue weighted by molar-refractivity contribution is 0.0533. The van der Waals surface area contributed by atoms with Crippen LogP contribution in [-0.2, 0) is 18.9 Å². The van der Waals surface area contributed by atoms with Gasteiger partial charge in [0.25, 0.3) is 0 Å². The molecule has 1 aromatic carbocycles. The highest BCUT2D eigenvalue weighted by Crippen LogP contribution is 2.33. The highest BCUT2D eigenvalue weighted by atomic mass is 16.5. The van der Waals surface area contributed by atoms with Crippen LogP contribution in [0.4, 0.5) is 0 Å². The summed E-state index contributed by atoms with van der Waals surface area (Å²) in [6.07, 6.45) is 0. The summed E-state index contributed by atoms with van der Waals surface area (Å²) in [5.74, 6) is -4.16. The number of carbonyl (C=O) groups is 4. The number of methoxy groups -OCH3 is 5. The summed E-state index contributed by atoms with van der Waals surface area (Å²) in [5.41, 5.74) is -1.40. The second kappa shape index (κ2) is 7.95. The molecule has 0 atom stereocenters. The van der Waals surface area contributed by atoms with E-state index in [1.54, 1.807) is 0 Å². The molecule has 9 nitrogen and oxygen atoms in total. The van der Waals surface area contributed by atoms with Crippen molar-refractivity contribution in [2.45, 2.75) is 0 Å². The Balaban J connectivity index is 4.00. The molecule has 0 amide bonds. The number of benzene rings is 1. The fourth-order valence-corrected chi connectivity index (χ4v) is 2.01. The molecule has 0 heterocycles. The summed E-state index contributed by atoms with van der Waals surface area (Å²) in [6.45, 7) is 0. The standard InChI is InChI=1S/C15H16O9/c1-20-11-9(14(18)23-4)7(12(16)21-2)6-8(13(17)22-3)10(11)15(19)24-5/h6H,1-5H3. The van der Waals surface area contributed by atoms with Crippen molar-refractivity contribution in [1.82, 2.24) is 0 Å². The van der Waals surface area contributed by atoms with Crippen molar-refractivity contribution in [3.63, 3.8) is 0 Å². The lowest BCUT2D eigenvalue weighted by Crippen LogP contribution is -2.21. The third-order valence-corrected chi connectivity index (χ3v) is 3.08. The van der Waals surface area contributed by atoms with E-state index in [9.17, 15) is 19.2 Å². The molecule has 1 rings (SSSR count). The molecular formula is C15H16O9. The van der Waals surface area contributed by atoms with Crippen LogP contribution in [0.5, 0.6) is 5.75 Å². The third-order valence-electron chi connectivity index (χ3n) is 3.08. The van der Waals surface area contributed by atoms with Crippen molar-refractivity contribution in [2.75, 3.05) is 35.5 Å². The van der Waals surface area contributed by atoms with Gasteiger partial charge in [0.15, 0.2) is 0 Å².